The van der Waals surface area contributed by atoms with E-state index in [4.69, 9.17) is 4.74 Å². The van der Waals surface area contributed by atoms with E-state index < -0.39 is 0 Å². The Labute approximate surface area is 171 Å². The van der Waals surface area contributed by atoms with Crippen LogP contribution in [0.2, 0.25) is 0 Å². The van der Waals surface area contributed by atoms with Crippen molar-refractivity contribution < 1.29 is 12.4 Å². The third-order valence-electron chi connectivity index (χ3n) is 6.33. The van der Waals surface area contributed by atoms with E-state index in [1.54, 1.807) is 0 Å². The van der Waals surface area contributed by atoms with Gasteiger partial charge in [0.25, 0.3) is 0 Å². The highest BCUT2D eigenvalue weighted by molar-refractivity contribution is 5.91. The Morgan fingerprint density at radius 1 is 1.04 bits per heavy atom. The number of ether oxygens (including phenoxy) is 1. The van der Waals surface area contributed by atoms with E-state index in [2.05, 4.69) is 36.4 Å². The first-order valence-electron chi connectivity index (χ1n) is 10.8. The first-order valence-corrected chi connectivity index (χ1v) is 10.8. The number of allylic oxidation sites excluding steroid dienone is 1. The Balaban J connectivity index is 0.00000160. The summed E-state index contributed by atoms with van der Waals surface area (Å²) in [4.78, 5) is 11.9. The van der Waals surface area contributed by atoms with E-state index in [1.165, 1.54) is 73.5 Å². The van der Waals surface area contributed by atoms with Gasteiger partial charge in [-0.25, -0.2) is 4.79 Å². The summed E-state index contributed by atoms with van der Waals surface area (Å²) in [5, 5.41) is 0. The van der Waals surface area contributed by atoms with E-state index in [1.807, 2.05) is 12.1 Å². The molecule has 0 bridgehead atoms. The monoisotopic (exact) mass is 378 g/mol. The Bertz CT molecular complexity index is 865. The topological polar surface area (TPSA) is 26.3 Å². The van der Waals surface area contributed by atoms with Crippen molar-refractivity contribution in [3.63, 3.8) is 0 Å². The van der Waals surface area contributed by atoms with Crippen LogP contribution in [0.3, 0.4) is 0 Å². The molecule has 4 rings (SSSR count). The van der Waals surface area contributed by atoms with Gasteiger partial charge in [-0.05, 0) is 71.6 Å². The van der Waals surface area contributed by atoms with E-state index in [-0.39, 0.29) is 8.82 Å². The Kier molecular flexibility index (Phi) is 5.95. The first-order chi connectivity index (χ1) is 13.7. The van der Waals surface area contributed by atoms with Gasteiger partial charge in [-0.3, -0.25) is 0 Å². The van der Waals surface area contributed by atoms with Crippen LogP contribution >= 0.6 is 0 Å². The summed E-state index contributed by atoms with van der Waals surface area (Å²) >= 11 is 0. The molecule has 28 heavy (non-hydrogen) atoms. The SMILES string of the molecule is COC(=O)c1ccc2c(c1)CCCC=C2c1ccc(CC2CCCCC2)cc1.[HH].[HH]. The second-order valence-electron chi connectivity index (χ2n) is 8.28. The number of hydrogen-bond acceptors (Lipinski definition) is 2. The van der Waals surface area contributed by atoms with E-state index in [9.17, 15) is 4.79 Å². The van der Waals surface area contributed by atoms with Crippen molar-refractivity contribution >= 4 is 11.5 Å². The third-order valence-corrected chi connectivity index (χ3v) is 6.33. The lowest BCUT2D eigenvalue weighted by atomic mass is 9.84. The molecule has 0 heterocycles. The molecule has 150 valence electrons. The Morgan fingerprint density at radius 3 is 2.57 bits per heavy atom. The van der Waals surface area contributed by atoms with Crippen molar-refractivity contribution in [2.45, 2.75) is 57.8 Å². The second-order valence-corrected chi connectivity index (χ2v) is 8.28. The zero-order valence-electron chi connectivity index (χ0n) is 16.9. The van der Waals surface area contributed by atoms with Gasteiger partial charge in [0, 0.05) is 2.85 Å². The number of hydrogen-bond donors (Lipinski definition) is 0. The lowest BCUT2D eigenvalue weighted by Gasteiger charge is -2.21. The number of rotatable bonds is 4. The average molecular weight is 379 g/mol. The summed E-state index contributed by atoms with van der Waals surface area (Å²) in [5.41, 5.74) is 7.19. The number of carbonyl (C=O) groups excluding carboxylic acids is 1. The van der Waals surface area contributed by atoms with Crippen LogP contribution in [0.25, 0.3) is 5.57 Å². The number of benzene rings is 2. The van der Waals surface area contributed by atoms with Crippen molar-refractivity contribution in [1.29, 1.82) is 0 Å². The fraction of sp³-hybridized carbons (Fsp3) is 0.423. The molecular weight excluding hydrogens is 344 g/mol. The molecular formula is C26H34O2. The molecule has 0 unspecified atom stereocenters. The molecule has 0 radical (unpaired) electrons. The molecule has 2 nitrogen and oxygen atoms in total. The van der Waals surface area contributed by atoms with Crippen LogP contribution in [0, 0.1) is 5.92 Å². The average Bonchev–Trinajstić information content (AvgIpc) is 2.96. The lowest BCUT2D eigenvalue weighted by Crippen LogP contribution is -2.09. The molecule has 2 heteroatoms. The van der Waals surface area contributed by atoms with Gasteiger partial charge in [0.05, 0.1) is 12.7 Å². The maximum absolute atomic E-state index is 11.9. The van der Waals surface area contributed by atoms with Gasteiger partial charge < -0.3 is 4.74 Å². The molecule has 2 aromatic carbocycles. The quantitative estimate of drug-likeness (QED) is 0.543. The number of esters is 1. The number of carbonyl (C=O) groups is 1. The molecule has 1 fully saturated rings. The van der Waals surface area contributed by atoms with Crippen LogP contribution in [0.15, 0.2) is 48.5 Å². The summed E-state index contributed by atoms with van der Waals surface area (Å²) in [6.45, 7) is 0. The van der Waals surface area contributed by atoms with E-state index >= 15 is 0 Å². The Hall–Kier alpha value is -2.35. The number of fused-ring (bicyclic) bond motifs is 1. The maximum Gasteiger partial charge on any atom is 0.337 e. The first kappa shape index (κ1) is 19.0. The fourth-order valence-corrected chi connectivity index (χ4v) is 4.78. The molecule has 0 aliphatic heterocycles. The fourth-order valence-electron chi connectivity index (χ4n) is 4.78. The molecule has 0 amide bonds. The van der Waals surface area contributed by atoms with Crippen LogP contribution in [0.4, 0.5) is 0 Å². The predicted molar refractivity (Wildman–Crippen MR) is 119 cm³/mol. The summed E-state index contributed by atoms with van der Waals surface area (Å²) < 4.78 is 4.89. The highest BCUT2D eigenvalue weighted by Crippen LogP contribution is 2.33. The molecule has 0 N–H and O–H groups in total. The van der Waals surface area contributed by atoms with Gasteiger partial charge in [0.2, 0.25) is 0 Å². The van der Waals surface area contributed by atoms with Gasteiger partial charge in [0.15, 0.2) is 0 Å². The maximum atomic E-state index is 11.9. The summed E-state index contributed by atoms with van der Waals surface area (Å²) in [5.74, 6) is 0.610. The molecule has 0 atom stereocenters. The van der Waals surface area contributed by atoms with Crippen molar-refractivity contribution in [2.75, 3.05) is 7.11 Å². The molecule has 0 aromatic heterocycles. The van der Waals surface area contributed by atoms with E-state index in [0.29, 0.717) is 5.56 Å². The Morgan fingerprint density at radius 2 is 1.82 bits per heavy atom. The zero-order valence-corrected chi connectivity index (χ0v) is 16.9. The molecule has 0 spiro atoms. The van der Waals surface area contributed by atoms with Gasteiger partial charge in [-0.2, -0.15) is 0 Å². The second kappa shape index (κ2) is 8.77. The highest BCUT2D eigenvalue weighted by Gasteiger charge is 2.17. The molecule has 2 aliphatic rings. The summed E-state index contributed by atoms with van der Waals surface area (Å²) in [6.07, 6.45) is 13.8. The minimum Gasteiger partial charge on any atom is -0.465 e. The summed E-state index contributed by atoms with van der Waals surface area (Å²) in [7, 11) is 1.44. The van der Waals surface area contributed by atoms with Gasteiger partial charge in [-0.1, -0.05) is 68.5 Å². The predicted octanol–water partition coefficient (Wildman–Crippen LogP) is 6.86. The molecule has 2 aliphatic carbocycles. The minimum absolute atomic E-state index is 0. The van der Waals surface area contributed by atoms with Crippen molar-refractivity contribution in [3.05, 3.63) is 76.4 Å². The molecule has 0 saturated heterocycles. The minimum atomic E-state index is -0.260. The third kappa shape index (κ3) is 4.22. The summed E-state index contributed by atoms with van der Waals surface area (Å²) in [6, 6.07) is 15.2. The number of aryl methyl sites for hydroxylation is 1. The molecule has 1 saturated carbocycles. The van der Waals surface area contributed by atoms with Crippen molar-refractivity contribution in [3.8, 4) is 0 Å². The van der Waals surface area contributed by atoms with Crippen molar-refractivity contribution in [2.24, 2.45) is 5.92 Å². The lowest BCUT2D eigenvalue weighted by molar-refractivity contribution is 0.0600. The standard InChI is InChI=1S/C26H30O2.2H2/c1-28-26(27)23-15-16-25-22(18-23)9-5-6-10-24(25)21-13-11-20(12-14-21)17-19-7-3-2-4-8-19;;/h10-16,18-19H,2-9,17H2,1H3;2*1H. The van der Waals surface area contributed by atoms with Crippen molar-refractivity contribution in [1.82, 2.24) is 0 Å². The van der Waals surface area contributed by atoms with Gasteiger partial charge >= 0.3 is 5.97 Å². The van der Waals surface area contributed by atoms with E-state index in [0.717, 1.165) is 25.2 Å². The zero-order chi connectivity index (χ0) is 19.3. The van der Waals surface area contributed by atoms with Crippen LogP contribution < -0.4 is 0 Å². The van der Waals surface area contributed by atoms with Crippen LogP contribution in [0.5, 0.6) is 0 Å². The smallest absolute Gasteiger partial charge is 0.337 e. The normalized spacial score (nSPS) is 17.4. The van der Waals surface area contributed by atoms with Crippen LogP contribution in [0.1, 0.15) is 80.4 Å². The van der Waals surface area contributed by atoms with Crippen LogP contribution in [-0.4, -0.2) is 13.1 Å². The molecule has 2 aromatic rings. The largest absolute Gasteiger partial charge is 0.465 e. The van der Waals surface area contributed by atoms with Crippen LogP contribution in [-0.2, 0) is 17.6 Å². The van der Waals surface area contributed by atoms with Gasteiger partial charge in [0.1, 0.15) is 0 Å². The number of methoxy groups -OCH3 is 1. The van der Waals surface area contributed by atoms with Gasteiger partial charge in [-0.15, -0.1) is 0 Å². The highest BCUT2D eigenvalue weighted by atomic mass is 16.5.